The number of ether oxygens (including phenoxy) is 4. The first-order chi connectivity index (χ1) is 15.2. The molecule has 1 atom stereocenters. The lowest BCUT2D eigenvalue weighted by atomic mass is 9.93. The molecule has 5 nitrogen and oxygen atoms in total. The van der Waals surface area contributed by atoms with E-state index < -0.39 is 23.9 Å². The van der Waals surface area contributed by atoms with E-state index >= 15 is 0 Å². The summed E-state index contributed by atoms with van der Waals surface area (Å²) in [5, 5.41) is 11.1. The molecule has 168 valence electrons. The van der Waals surface area contributed by atoms with Gasteiger partial charge in [0, 0.05) is 5.02 Å². The molecule has 1 aliphatic rings. The van der Waals surface area contributed by atoms with Gasteiger partial charge in [0.15, 0.2) is 11.5 Å². The molecule has 0 aromatic heterocycles. The average molecular weight is 467 g/mol. The van der Waals surface area contributed by atoms with Crippen molar-refractivity contribution in [1.29, 1.82) is 0 Å². The van der Waals surface area contributed by atoms with Crippen LogP contribution < -0.4 is 14.2 Å². The summed E-state index contributed by atoms with van der Waals surface area (Å²) in [4.78, 5) is 0. The molecule has 0 spiro atoms. The lowest BCUT2D eigenvalue weighted by molar-refractivity contribution is -0.283. The van der Waals surface area contributed by atoms with Crippen LogP contribution in [-0.2, 0) is 16.9 Å². The van der Waals surface area contributed by atoms with Crippen LogP contribution in [0.25, 0.3) is 0 Å². The van der Waals surface area contributed by atoms with Crippen LogP contribution in [0.3, 0.4) is 0 Å². The molecule has 1 unspecified atom stereocenters. The molecule has 0 saturated carbocycles. The third-order valence-electron chi connectivity index (χ3n) is 4.85. The molecule has 32 heavy (non-hydrogen) atoms. The fourth-order valence-electron chi connectivity index (χ4n) is 3.14. The number of fused-ring (bicyclic) bond motifs is 1. The fraction of sp³-hybridized carbons (Fsp3) is 0.217. The van der Waals surface area contributed by atoms with E-state index in [0.29, 0.717) is 27.8 Å². The van der Waals surface area contributed by atoms with Crippen molar-refractivity contribution >= 4 is 11.6 Å². The number of halogens is 4. The van der Waals surface area contributed by atoms with E-state index in [9.17, 15) is 18.3 Å². The summed E-state index contributed by atoms with van der Waals surface area (Å²) in [6.45, 7) is -1.26. The lowest BCUT2D eigenvalue weighted by Crippen LogP contribution is -2.46. The number of hydrogen-bond donors (Lipinski definition) is 1. The molecule has 1 heterocycles. The number of benzene rings is 3. The van der Waals surface area contributed by atoms with E-state index in [1.54, 1.807) is 48.5 Å². The summed E-state index contributed by atoms with van der Waals surface area (Å²) in [5.41, 5.74) is -3.04. The molecule has 9 heteroatoms. The number of aliphatic hydroxyl groups is 1. The Morgan fingerprint density at radius 2 is 1.66 bits per heavy atom. The smallest absolute Gasteiger partial charge is 0.423 e. The van der Waals surface area contributed by atoms with Gasteiger partial charge in [0.25, 0.3) is 0 Å². The Morgan fingerprint density at radius 1 is 0.906 bits per heavy atom. The van der Waals surface area contributed by atoms with Gasteiger partial charge >= 0.3 is 6.18 Å². The van der Waals surface area contributed by atoms with Gasteiger partial charge in [-0.25, -0.2) is 0 Å². The topological polar surface area (TPSA) is 57.2 Å². The molecule has 1 N–H and O–H groups in total. The molecule has 3 aromatic carbocycles. The van der Waals surface area contributed by atoms with Crippen molar-refractivity contribution in [3.05, 3.63) is 82.9 Å². The SMILES string of the molecule is OC(COCc1cccc(Oc2ccc(Cl)cc2)c1)(c1ccc2c(c1)OCO2)C(F)(F)F. The summed E-state index contributed by atoms with van der Waals surface area (Å²) in [6, 6.07) is 17.0. The van der Waals surface area contributed by atoms with Gasteiger partial charge in [-0.05, 0) is 59.7 Å². The Bertz CT molecular complexity index is 1090. The molecule has 4 rings (SSSR count). The zero-order valence-electron chi connectivity index (χ0n) is 16.6. The van der Waals surface area contributed by atoms with E-state index in [2.05, 4.69) is 0 Å². The second kappa shape index (κ2) is 8.90. The second-order valence-electron chi connectivity index (χ2n) is 7.12. The fourth-order valence-corrected chi connectivity index (χ4v) is 3.26. The van der Waals surface area contributed by atoms with Gasteiger partial charge in [-0.3, -0.25) is 0 Å². The molecule has 0 bridgehead atoms. The van der Waals surface area contributed by atoms with Gasteiger partial charge in [0.1, 0.15) is 11.5 Å². The summed E-state index contributed by atoms with van der Waals surface area (Å²) in [5.74, 6) is 1.49. The summed E-state index contributed by atoms with van der Waals surface area (Å²) in [7, 11) is 0. The second-order valence-corrected chi connectivity index (χ2v) is 7.56. The highest BCUT2D eigenvalue weighted by Gasteiger charge is 2.55. The van der Waals surface area contributed by atoms with Crippen molar-refractivity contribution in [2.45, 2.75) is 18.4 Å². The Kier molecular flexibility index (Phi) is 6.19. The standard InChI is InChI=1S/C23H18ClF3O5/c24-17-5-7-18(8-6-17)32-19-3-1-2-15(10-19)12-29-13-22(28,23(25,26)27)16-4-9-20-21(11-16)31-14-30-20/h1-11,28H,12-14H2. The number of rotatable bonds is 7. The first-order valence-corrected chi connectivity index (χ1v) is 9.92. The van der Waals surface area contributed by atoms with Crippen molar-refractivity contribution in [1.82, 2.24) is 0 Å². The van der Waals surface area contributed by atoms with Crippen LogP contribution in [0.15, 0.2) is 66.7 Å². The minimum absolute atomic E-state index is 0.0891. The van der Waals surface area contributed by atoms with Gasteiger partial charge in [0.2, 0.25) is 12.4 Å². The third kappa shape index (κ3) is 4.77. The summed E-state index contributed by atoms with van der Waals surface area (Å²) >= 11 is 5.85. The summed E-state index contributed by atoms with van der Waals surface area (Å²) in [6.07, 6.45) is -4.97. The quantitative estimate of drug-likeness (QED) is 0.475. The minimum atomic E-state index is -4.97. The maximum Gasteiger partial charge on any atom is 0.423 e. The molecule has 3 aromatic rings. The Hall–Kier alpha value is -2.94. The number of hydrogen-bond acceptors (Lipinski definition) is 5. The predicted molar refractivity (Wildman–Crippen MR) is 110 cm³/mol. The van der Waals surface area contributed by atoms with E-state index in [-0.39, 0.29) is 19.1 Å². The highest BCUT2D eigenvalue weighted by atomic mass is 35.5. The highest BCUT2D eigenvalue weighted by Crippen LogP contribution is 2.43. The van der Waals surface area contributed by atoms with Gasteiger partial charge in [-0.1, -0.05) is 29.8 Å². The largest absolute Gasteiger partial charge is 0.457 e. The van der Waals surface area contributed by atoms with E-state index in [1.807, 2.05) is 0 Å². The maximum atomic E-state index is 13.8. The van der Waals surface area contributed by atoms with Crippen LogP contribution in [0.5, 0.6) is 23.0 Å². The van der Waals surface area contributed by atoms with E-state index in [4.69, 9.17) is 30.5 Å². The van der Waals surface area contributed by atoms with Crippen molar-refractivity contribution in [3.63, 3.8) is 0 Å². The van der Waals surface area contributed by atoms with Crippen LogP contribution in [-0.4, -0.2) is 24.7 Å². The zero-order chi connectivity index (χ0) is 22.8. The van der Waals surface area contributed by atoms with Gasteiger partial charge in [-0.15, -0.1) is 0 Å². The van der Waals surface area contributed by atoms with Crippen LogP contribution in [0.4, 0.5) is 13.2 Å². The highest BCUT2D eigenvalue weighted by molar-refractivity contribution is 6.30. The van der Waals surface area contributed by atoms with Crippen LogP contribution in [0, 0.1) is 0 Å². The van der Waals surface area contributed by atoms with Crippen LogP contribution in [0.1, 0.15) is 11.1 Å². The lowest BCUT2D eigenvalue weighted by Gasteiger charge is -2.30. The maximum absolute atomic E-state index is 13.8. The van der Waals surface area contributed by atoms with Crippen molar-refractivity contribution in [2.75, 3.05) is 13.4 Å². The van der Waals surface area contributed by atoms with E-state index in [1.165, 1.54) is 6.07 Å². The first kappa shape index (κ1) is 22.3. The molecule has 1 aliphatic heterocycles. The molecule has 0 fully saturated rings. The zero-order valence-corrected chi connectivity index (χ0v) is 17.3. The molecular formula is C23H18ClF3O5. The van der Waals surface area contributed by atoms with Crippen LogP contribution in [0.2, 0.25) is 5.02 Å². The molecule has 0 amide bonds. The van der Waals surface area contributed by atoms with Gasteiger partial charge in [0.05, 0.1) is 13.2 Å². The Labute approximate surface area is 186 Å². The van der Waals surface area contributed by atoms with Gasteiger partial charge in [-0.2, -0.15) is 13.2 Å². The van der Waals surface area contributed by atoms with Crippen molar-refractivity contribution in [3.8, 4) is 23.0 Å². The van der Waals surface area contributed by atoms with Crippen molar-refractivity contribution in [2.24, 2.45) is 0 Å². The van der Waals surface area contributed by atoms with E-state index in [0.717, 1.165) is 12.1 Å². The Balaban J connectivity index is 1.45. The summed E-state index contributed by atoms with van der Waals surface area (Å²) < 4.78 is 62.6. The average Bonchev–Trinajstić information content (AvgIpc) is 3.23. The predicted octanol–water partition coefficient (Wildman–Crippen LogP) is 5.83. The van der Waals surface area contributed by atoms with Gasteiger partial charge < -0.3 is 24.1 Å². The monoisotopic (exact) mass is 466 g/mol. The normalized spacial score (nSPS) is 14.8. The first-order valence-electron chi connectivity index (χ1n) is 9.54. The molecule has 0 radical (unpaired) electrons. The molecular weight excluding hydrogens is 449 g/mol. The molecule has 0 saturated heterocycles. The number of alkyl halides is 3. The minimum Gasteiger partial charge on any atom is -0.457 e. The third-order valence-corrected chi connectivity index (χ3v) is 5.10. The van der Waals surface area contributed by atoms with Crippen molar-refractivity contribution < 1.29 is 37.2 Å². The Morgan fingerprint density at radius 3 is 2.41 bits per heavy atom. The molecule has 0 aliphatic carbocycles. The van der Waals surface area contributed by atoms with Crippen LogP contribution >= 0.6 is 11.6 Å².